The molecule has 154 valence electrons. The quantitative estimate of drug-likeness (QED) is 0.590. The van der Waals surface area contributed by atoms with E-state index in [1.807, 2.05) is 37.3 Å². The molecule has 0 bridgehead atoms. The van der Waals surface area contributed by atoms with Gasteiger partial charge in [-0.05, 0) is 44.0 Å². The van der Waals surface area contributed by atoms with E-state index in [9.17, 15) is 9.18 Å². The summed E-state index contributed by atoms with van der Waals surface area (Å²) in [5.41, 5.74) is 3.18. The molecule has 2 aromatic carbocycles. The first-order valence-electron chi connectivity index (χ1n) is 9.90. The van der Waals surface area contributed by atoms with Crippen LogP contribution in [0.25, 0.3) is 11.4 Å². The highest BCUT2D eigenvalue weighted by molar-refractivity contribution is 6.30. The van der Waals surface area contributed by atoms with E-state index in [2.05, 4.69) is 10.3 Å². The van der Waals surface area contributed by atoms with Gasteiger partial charge in [0, 0.05) is 41.5 Å². The molecular weight excluding hydrogens is 403 g/mol. The Morgan fingerprint density at radius 3 is 2.77 bits per heavy atom. The van der Waals surface area contributed by atoms with E-state index >= 15 is 0 Å². The van der Waals surface area contributed by atoms with Crippen LogP contribution in [-0.2, 0) is 0 Å². The van der Waals surface area contributed by atoms with E-state index in [-0.39, 0.29) is 22.7 Å². The highest BCUT2D eigenvalue weighted by Gasteiger charge is 2.26. The van der Waals surface area contributed by atoms with Crippen molar-refractivity contribution in [1.29, 1.82) is 0 Å². The number of anilines is 1. The predicted octanol–water partition coefficient (Wildman–Crippen LogP) is 5.66. The number of hydrogen-bond donors (Lipinski definition) is 1. The highest BCUT2D eigenvalue weighted by Crippen LogP contribution is 2.28. The van der Waals surface area contributed by atoms with Crippen molar-refractivity contribution in [1.82, 2.24) is 14.9 Å². The molecule has 0 saturated carbocycles. The van der Waals surface area contributed by atoms with E-state index < -0.39 is 5.82 Å². The Morgan fingerprint density at radius 2 is 2.00 bits per heavy atom. The number of likely N-dealkylation sites (tertiary alicyclic amines) is 1. The summed E-state index contributed by atoms with van der Waals surface area (Å²) in [6.07, 6.45) is 3.55. The smallest absolute Gasteiger partial charge is 0.321 e. The number of carbonyl (C=O) groups is 1. The fraction of sp³-hybridized carbons (Fsp3) is 0.261. The number of carbonyl (C=O) groups excluding carboxylic acids is 1. The summed E-state index contributed by atoms with van der Waals surface area (Å²) in [5, 5.41) is 2.93. The van der Waals surface area contributed by atoms with Gasteiger partial charge in [0.05, 0.1) is 5.69 Å². The minimum atomic E-state index is -0.553. The van der Waals surface area contributed by atoms with Crippen LogP contribution in [0.15, 0.2) is 54.7 Å². The van der Waals surface area contributed by atoms with Crippen LogP contribution >= 0.6 is 11.6 Å². The van der Waals surface area contributed by atoms with Crippen LogP contribution in [0.3, 0.4) is 0 Å². The molecule has 5 nitrogen and oxygen atoms in total. The summed E-state index contributed by atoms with van der Waals surface area (Å²) in [6.45, 7) is 3.18. The SMILES string of the molecule is Cc1ccc(-c2nccc(C3CCCN(C(=O)Nc4ccc(Cl)cc4F)C3)n2)cc1. The minimum absolute atomic E-state index is 0.103. The van der Waals surface area contributed by atoms with E-state index in [1.54, 1.807) is 17.2 Å². The molecule has 1 unspecified atom stereocenters. The number of hydrogen-bond acceptors (Lipinski definition) is 3. The Labute approximate surface area is 179 Å². The first-order valence-corrected chi connectivity index (χ1v) is 10.3. The van der Waals surface area contributed by atoms with Crippen molar-refractivity contribution in [2.24, 2.45) is 0 Å². The molecule has 1 aliphatic heterocycles. The number of nitrogens with zero attached hydrogens (tertiary/aromatic N) is 3. The number of rotatable bonds is 3. The molecule has 1 aliphatic rings. The Morgan fingerprint density at radius 1 is 1.20 bits per heavy atom. The molecule has 0 spiro atoms. The van der Waals surface area contributed by atoms with Gasteiger partial charge in [-0.25, -0.2) is 19.2 Å². The van der Waals surface area contributed by atoms with Gasteiger partial charge >= 0.3 is 6.03 Å². The maximum atomic E-state index is 14.0. The fourth-order valence-electron chi connectivity index (χ4n) is 3.63. The third kappa shape index (κ3) is 4.60. The molecule has 1 N–H and O–H groups in total. The summed E-state index contributed by atoms with van der Waals surface area (Å²) in [4.78, 5) is 23.5. The molecule has 0 radical (unpaired) electrons. The van der Waals surface area contributed by atoms with Crippen LogP contribution in [0, 0.1) is 12.7 Å². The van der Waals surface area contributed by atoms with Gasteiger partial charge in [0.2, 0.25) is 0 Å². The largest absolute Gasteiger partial charge is 0.324 e. The zero-order chi connectivity index (χ0) is 21.1. The Balaban J connectivity index is 1.48. The first-order chi connectivity index (χ1) is 14.5. The second-order valence-electron chi connectivity index (χ2n) is 7.51. The van der Waals surface area contributed by atoms with E-state index in [4.69, 9.17) is 16.6 Å². The molecule has 3 aromatic rings. The van der Waals surface area contributed by atoms with Gasteiger partial charge in [-0.15, -0.1) is 0 Å². The van der Waals surface area contributed by atoms with Crippen LogP contribution in [0.1, 0.15) is 30.0 Å². The van der Waals surface area contributed by atoms with Crippen LogP contribution in [0.4, 0.5) is 14.9 Å². The van der Waals surface area contributed by atoms with Crippen molar-refractivity contribution < 1.29 is 9.18 Å². The second kappa shape index (κ2) is 8.79. The number of piperidine rings is 1. The van der Waals surface area contributed by atoms with Crippen LogP contribution in [-0.4, -0.2) is 34.0 Å². The zero-order valence-electron chi connectivity index (χ0n) is 16.6. The number of halogens is 2. The monoisotopic (exact) mass is 424 g/mol. The van der Waals surface area contributed by atoms with Crippen molar-refractivity contribution in [2.45, 2.75) is 25.7 Å². The number of benzene rings is 2. The third-order valence-corrected chi connectivity index (χ3v) is 5.52. The van der Waals surface area contributed by atoms with Crippen molar-refractivity contribution in [2.75, 3.05) is 18.4 Å². The third-order valence-electron chi connectivity index (χ3n) is 5.29. The average Bonchev–Trinajstić information content (AvgIpc) is 2.76. The highest BCUT2D eigenvalue weighted by atomic mass is 35.5. The number of nitrogens with one attached hydrogen (secondary N) is 1. The number of aryl methyl sites for hydroxylation is 1. The van der Waals surface area contributed by atoms with Crippen molar-refractivity contribution in [3.8, 4) is 11.4 Å². The molecule has 2 amide bonds. The molecule has 1 saturated heterocycles. The fourth-order valence-corrected chi connectivity index (χ4v) is 3.79. The lowest BCUT2D eigenvalue weighted by atomic mass is 9.94. The summed E-state index contributed by atoms with van der Waals surface area (Å²) < 4.78 is 14.0. The standard InChI is InChI=1S/C23H22ClFN4O/c1-15-4-6-16(7-5-15)22-26-11-10-20(27-22)17-3-2-12-29(14-17)23(30)28-21-9-8-18(24)13-19(21)25/h4-11,13,17H,2-3,12,14H2,1H3,(H,28,30). The van der Waals surface area contributed by atoms with Crippen molar-refractivity contribution in [3.05, 3.63) is 76.8 Å². The van der Waals surface area contributed by atoms with Gasteiger partial charge < -0.3 is 10.2 Å². The van der Waals surface area contributed by atoms with E-state index in [0.29, 0.717) is 18.9 Å². The first kappa shape index (κ1) is 20.3. The van der Waals surface area contributed by atoms with Gasteiger partial charge in [0.25, 0.3) is 0 Å². The zero-order valence-corrected chi connectivity index (χ0v) is 17.4. The van der Waals surface area contributed by atoms with Gasteiger partial charge in [-0.1, -0.05) is 41.4 Å². The summed E-state index contributed by atoms with van der Waals surface area (Å²) in [5.74, 6) is 0.229. The lowest BCUT2D eigenvalue weighted by molar-refractivity contribution is 0.192. The summed E-state index contributed by atoms with van der Waals surface area (Å²) in [6, 6.07) is 13.9. The van der Waals surface area contributed by atoms with Crippen LogP contribution in [0.2, 0.25) is 5.02 Å². The van der Waals surface area contributed by atoms with Crippen molar-refractivity contribution >= 4 is 23.3 Å². The summed E-state index contributed by atoms with van der Waals surface area (Å²) >= 11 is 5.78. The number of urea groups is 1. The molecule has 7 heteroatoms. The maximum Gasteiger partial charge on any atom is 0.321 e. The lowest BCUT2D eigenvalue weighted by Gasteiger charge is -2.32. The maximum absolute atomic E-state index is 14.0. The topological polar surface area (TPSA) is 58.1 Å². The second-order valence-corrected chi connectivity index (χ2v) is 7.95. The molecule has 1 aromatic heterocycles. The van der Waals surface area contributed by atoms with Gasteiger partial charge in [0.1, 0.15) is 5.82 Å². The van der Waals surface area contributed by atoms with Crippen LogP contribution < -0.4 is 5.32 Å². The van der Waals surface area contributed by atoms with Crippen LogP contribution in [0.5, 0.6) is 0 Å². The molecule has 4 rings (SSSR count). The Bertz CT molecular complexity index is 1060. The number of amides is 2. The van der Waals surface area contributed by atoms with Crippen molar-refractivity contribution in [3.63, 3.8) is 0 Å². The van der Waals surface area contributed by atoms with Gasteiger partial charge in [0.15, 0.2) is 5.82 Å². The predicted molar refractivity (Wildman–Crippen MR) is 116 cm³/mol. The lowest BCUT2D eigenvalue weighted by Crippen LogP contribution is -2.42. The molecule has 2 heterocycles. The van der Waals surface area contributed by atoms with Gasteiger partial charge in [-0.2, -0.15) is 0 Å². The molecule has 1 fully saturated rings. The molecule has 0 aliphatic carbocycles. The molecular formula is C23H22ClFN4O. The Hall–Kier alpha value is -2.99. The van der Waals surface area contributed by atoms with Gasteiger partial charge in [-0.3, -0.25) is 0 Å². The van der Waals surface area contributed by atoms with E-state index in [0.717, 1.165) is 24.1 Å². The molecule has 30 heavy (non-hydrogen) atoms. The Kier molecular flexibility index (Phi) is 5.95. The molecule has 1 atom stereocenters. The number of aromatic nitrogens is 2. The minimum Gasteiger partial charge on any atom is -0.324 e. The average molecular weight is 425 g/mol. The normalized spacial score (nSPS) is 16.4. The van der Waals surface area contributed by atoms with E-state index in [1.165, 1.54) is 17.7 Å². The summed E-state index contributed by atoms with van der Waals surface area (Å²) in [7, 11) is 0.